The summed E-state index contributed by atoms with van der Waals surface area (Å²) in [5.74, 6) is 0. The third-order valence-corrected chi connectivity index (χ3v) is 1.43. The first-order valence-corrected chi connectivity index (χ1v) is 4.34. The molecule has 1 saturated heterocycles. The van der Waals surface area contributed by atoms with Gasteiger partial charge in [0.1, 0.15) is 0 Å². The van der Waals surface area contributed by atoms with E-state index in [0.29, 0.717) is 0 Å². The van der Waals surface area contributed by atoms with Crippen molar-refractivity contribution in [2.75, 3.05) is 27.2 Å². The second-order valence-electron chi connectivity index (χ2n) is 2.17. The van der Waals surface area contributed by atoms with Crippen molar-refractivity contribution in [1.82, 2.24) is 4.90 Å². The van der Waals surface area contributed by atoms with Crippen molar-refractivity contribution in [2.45, 2.75) is 26.7 Å². The fraction of sp³-hybridized carbons (Fsp3) is 0.889. The molecule has 1 aliphatic heterocycles. The Balaban J connectivity index is -0.000000144. The fourth-order valence-electron chi connectivity index (χ4n) is 0.879. The molecule has 1 fully saturated rings. The van der Waals surface area contributed by atoms with Gasteiger partial charge in [-0.05, 0) is 20.1 Å². The maximum atomic E-state index is 7.00. The Morgan fingerprint density at radius 2 is 1.42 bits per heavy atom. The van der Waals surface area contributed by atoms with Crippen molar-refractivity contribution >= 4 is 0 Å². The molecule has 1 N–H and O–H groups in total. The monoisotopic (exact) mass is 249 g/mol. The zero-order chi connectivity index (χ0) is 9.11. The van der Waals surface area contributed by atoms with E-state index in [4.69, 9.17) is 5.11 Å². The molecule has 0 bridgehead atoms. The van der Waals surface area contributed by atoms with Gasteiger partial charge in [-0.25, -0.2) is 0 Å². The van der Waals surface area contributed by atoms with E-state index in [9.17, 15) is 0 Å². The zero-order valence-electron chi connectivity index (χ0n) is 8.88. The molecule has 2 nitrogen and oxygen atoms in total. The van der Waals surface area contributed by atoms with E-state index < -0.39 is 0 Å². The Kier molecular flexibility index (Phi) is 28.0. The molecule has 0 amide bonds. The van der Waals surface area contributed by atoms with Gasteiger partial charge in [0.15, 0.2) is 0 Å². The van der Waals surface area contributed by atoms with Crippen LogP contribution in [0.4, 0.5) is 0 Å². The van der Waals surface area contributed by atoms with Crippen molar-refractivity contribution < 1.29 is 37.8 Å². The molecule has 0 aromatic rings. The molecule has 0 aliphatic carbocycles. The number of aliphatic hydroxyl groups excluding tert-OH is 1. The minimum absolute atomic E-state index is 0. The van der Waals surface area contributed by atoms with Gasteiger partial charge in [0, 0.05) is 39.8 Å². The van der Waals surface area contributed by atoms with Gasteiger partial charge in [-0.1, -0.05) is 13.8 Å². The van der Waals surface area contributed by atoms with E-state index in [1.54, 1.807) is 0 Å². The number of aliphatic hydroxyl groups is 1. The smallest absolute Gasteiger partial charge is 0.0319 e. The second kappa shape index (κ2) is 17.9. The van der Waals surface area contributed by atoms with E-state index in [1.165, 1.54) is 25.9 Å². The average molecular weight is 249 g/mol. The summed E-state index contributed by atoms with van der Waals surface area (Å²) in [5, 5.41) is 7.00. The first kappa shape index (κ1) is 18.7. The van der Waals surface area contributed by atoms with E-state index in [1.807, 2.05) is 13.8 Å². The van der Waals surface area contributed by atoms with Gasteiger partial charge in [0.25, 0.3) is 0 Å². The van der Waals surface area contributed by atoms with Crippen LogP contribution in [0.2, 0.25) is 0 Å². The van der Waals surface area contributed by atoms with Crippen molar-refractivity contribution in [3.05, 3.63) is 6.42 Å². The standard InChI is InChI=1S/C6H12N.C2H6.CH4O.Y/c1-7-5-3-2-4-6-7;2*1-2;/h2H,3-6H2,1H3;1-2H3;2H,1H3;/q-1;;;. The Morgan fingerprint density at radius 1 is 1.08 bits per heavy atom. The van der Waals surface area contributed by atoms with Crippen LogP contribution in [0.3, 0.4) is 0 Å². The summed E-state index contributed by atoms with van der Waals surface area (Å²) in [7, 11) is 3.17. The van der Waals surface area contributed by atoms with E-state index >= 15 is 0 Å². The summed E-state index contributed by atoms with van der Waals surface area (Å²) >= 11 is 0. The minimum atomic E-state index is 0. The van der Waals surface area contributed by atoms with Gasteiger partial charge in [-0.15, -0.1) is 0 Å². The average Bonchev–Trinajstić information content (AvgIpc) is 2.13. The maximum Gasteiger partial charge on any atom is 0.0319 e. The first-order valence-electron chi connectivity index (χ1n) is 4.34. The van der Waals surface area contributed by atoms with Crippen LogP contribution in [0.5, 0.6) is 0 Å². The second-order valence-corrected chi connectivity index (χ2v) is 2.17. The van der Waals surface area contributed by atoms with E-state index in [0.717, 1.165) is 7.11 Å². The minimum Gasteiger partial charge on any atom is -0.400 e. The molecule has 73 valence electrons. The van der Waals surface area contributed by atoms with Crippen molar-refractivity contribution in [2.24, 2.45) is 0 Å². The van der Waals surface area contributed by atoms with Crippen molar-refractivity contribution in [3.63, 3.8) is 0 Å². The Hall–Kier alpha value is 1.02. The summed E-state index contributed by atoms with van der Waals surface area (Å²) in [5.41, 5.74) is 0. The number of hydrogen-bond acceptors (Lipinski definition) is 2. The normalized spacial score (nSPS) is 15.8. The van der Waals surface area contributed by atoms with Crippen LogP contribution in [0.25, 0.3) is 0 Å². The molecule has 0 aromatic carbocycles. The third-order valence-electron chi connectivity index (χ3n) is 1.43. The number of likely N-dealkylation sites (tertiary alicyclic amines) is 1. The van der Waals surface area contributed by atoms with Gasteiger partial charge in [0.05, 0.1) is 0 Å². The summed E-state index contributed by atoms with van der Waals surface area (Å²) < 4.78 is 0. The van der Waals surface area contributed by atoms with Gasteiger partial charge in [0.2, 0.25) is 0 Å². The van der Waals surface area contributed by atoms with Crippen molar-refractivity contribution in [1.29, 1.82) is 0 Å². The fourth-order valence-corrected chi connectivity index (χ4v) is 0.879. The molecule has 0 aromatic heterocycles. The zero-order valence-corrected chi connectivity index (χ0v) is 11.7. The molecule has 1 rings (SSSR count). The SMILES string of the molecule is CC.CN1CC[CH-]CC1.CO.[Y]. The first-order chi connectivity index (χ1) is 5.39. The van der Waals surface area contributed by atoms with Crippen LogP contribution in [-0.4, -0.2) is 37.3 Å². The number of hydrogen-bond donors (Lipinski definition) is 1. The van der Waals surface area contributed by atoms with E-state index in [-0.39, 0.29) is 32.7 Å². The molecule has 0 saturated carbocycles. The molecule has 1 heterocycles. The maximum absolute atomic E-state index is 7.00. The summed E-state index contributed by atoms with van der Waals surface area (Å²) in [6, 6.07) is 0. The molecular weight excluding hydrogens is 227 g/mol. The quantitative estimate of drug-likeness (QED) is 0.658. The predicted octanol–water partition coefficient (Wildman–Crippen LogP) is 1.55. The van der Waals surface area contributed by atoms with Crippen LogP contribution in [-0.2, 0) is 32.7 Å². The third kappa shape index (κ3) is 13.6. The van der Waals surface area contributed by atoms with Gasteiger partial charge in [-0.2, -0.15) is 12.8 Å². The topological polar surface area (TPSA) is 23.5 Å². The number of rotatable bonds is 0. The summed E-state index contributed by atoms with van der Waals surface area (Å²) in [4.78, 5) is 2.36. The van der Waals surface area contributed by atoms with Crippen molar-refractivity contribution in [3.8, 4) is 0 Å². The molecular formula is C9H22NOY-. The van der Waals surface area contributed by atoms with Gasteiger partial charge in [-0.3, -0.25) is 0 Å². The predicted molar refractivity (Wildman–Crippen MR) is 50.5 cm³/mol. The van der Waals surface area contributed by atoms with Crippen LogP contribution >= 0.6 is 0 Å². The molecule has 0 spiro atoms. The van der Waals surface area contributed by atoms with Gasteiger partial charge >= 0.3 is 0 Å². The number of nitrogens with zero attached hydrogens (tertiary/aromatic N) is 1. The van der Waals surface area contributed by atoms with Gasteiger partial charge < -0.3 is 16.4 Å². The Labute approximate surface area is 103 Å². The summed E-state index contributed by atoms with van der Waals surface area (Å²) in [6.45, 7) is 6.53. The number of piperidine rings is 1. The van der Waals surface area contributed by atoms with Crippen LogP contribution in [0, 0.1) is 6.42 Å². The van der Waals surface area contributed by atoms with E-state index in [2.05, 4.69) is 18.4 Å². The largest absolute Gasteiger partial charge is 0.400 e. The van der Waals surface area contributed by atoms with Crippen LogP contribution < -0.4 is 0 Å². The van der Waals surface area contributed by atoms with Crippen LogP contribution in [0.1, 0.15) is 26.7 Å². The molecule has 1 radical (unpaired) electrons. The summed E-state index contributed by atoms with van der Waals surface area (Å²) in [6.07, 6.45) is 4.94. The molecule has 0 unspecified atom stereocenters. The Morgan fingerprint density at radius 3 is 1.58 bits per heavy atom. The molecule has 12 heavy (non-hydrogen) atoms. The Bertz CT molecular complexity index is 56.5. The molecule has 1 aliphatic rings. The molecule has 3 heteroatoms. The molecule has 0 atom stereocenters. The van der Waals surface area contributed by atoms with Crippen LogP contribution in [0.15, 0.2) is 0 Å².